The number of cyclic esters (lactones) is 1. The Bertz CT molecular complexity index is 2300. The van der Waals surface area contributed by atoms with Gasteiger partial charge in [0, 0.05) is 26.3 Å². The first-order valence-corrected chi connectivity index (χ1v) is 23.5. The van der Waals surface area contributed by atoms with Crippen LogP contribution in [0.4, 0.5) is 0 Å². The summed E-state index contributed by atoms with van der Waals surface area (Å²) in [6.07, 6.45) is -6.03. The van der Waals surface area contributed by atoms with Crippen LogP contribution >= 0.6 is 7.82 Å². The number of hydrogen-bond donors (Lipinski definition) is 7. The third-order valence-electron chi connectivity index (χ3n) is 12.0. The molecule has 0 radical (unpaired) electrons. The number of likely N-dealkylation sites (N-methyl/N-ethyl adjacent to an activating group) is 1. The van der Waals surface area contributed by atoms with Crippen molar-refractivity contribution in [3.8, 4) is 5.75 Å². The molecule has 0 aliphatic carbocycles. The van der Waals surface area contributed by atoms with Crippen LogP contribution in [0, 0.1) is 5.92 Å². The van der Waals surface area contributed by atoms with Crippen molar-refractivity contribution < 1.29 is 72.5 Å². The Morgan fingerprint density at radius 2 is 1.40 bits per heavy atom. The molecule has 5 rings (SSSR count). The van der Waals surface area contributed by atoms with E-state index >= 15 is 4.79 Å². The van der Waals surface area contributed by atoms with Crippen molar-refractivity contribution in [2.45, 2.75) is 114 Å². The number of phenols is 1. The van der Waals surface area contributed by atoms with E-state index in [0.717, 1.165) is 9.80 Å². The molecule has 368 valence electrons. The number of phosphoric ester groups is 1. The number of hydrogen-bond acceptors (Lipinski definition) is 15. The fourth-order valence-electron chi connectivity index (χ4n) is 7.91. The minimum Gasteiger partial charge on any atom is -0.790 e. The van der Waals surface area contributed by atoms with Gasteiger partial charge in [0.05, 0.1) is 14.4 Å². The predicted octanol–water partition coefficient (Wildman–Crippen LogP) is -1.31. The second-order valence-corrected chi connectivity index (χ2v) is 18.1. The Balaban J connectivity index is 1.64. The minimum atomic E-state index is -5.67. The topological polar surface area (TPSA) is 316 Å². The van der Waals surface area contributed by atoms with E-state index in [9.17, 15) is 58.4 Å². The molecule has 2 fully saturated rings. The average molecular weight is 965 g/mol. The summed E-state index contributed by atoms with van der Waals surface area (Å²) in [6.45, 7) is 3.18. The summed E-state index contributed by atoms with van der Waals surface area (Å²) in [5.41, 5.74) is 1.58. The lowest BCUT2D eigenvalue weighted by Gasteiger charge is -2.43. The highest BCUT2D eigenvalue weighted by molar-refractivity contribution is 7.43. The van der Waals surface area contributed by atoms with E-state index in [1.807, 2.05) is 0 Å². The zero-order chi connectivity index (χ0) is 49.9. The van der Waals surface area contributed by atoms with Crippen molar-refractivity contribution in [2.75, 3.05) is 13.7 Å². The number of aliphatic hydroxyl groups is 2. The Morgan fingerprint density at radius 3 is 1.99 bits per heavy atom. The number of aliphatic hydroxyl groups excluding tert-OH is 2. The van der Waals surface area contributed by atoms with E-state index in [0.29, 0.717) is 16.7 Å². The second-order valence-electron chi connectivity index (χ2n) is 16.9. The molecule has 68 heavy (non-hydrogen) atoms. The largest absolute Gasteiger partial charge is 0.790 e. The summed E-state index contributed by atoms with van der Waals surface area (Å²) in [4.78, 5) is 125. The van der Waals surface area contributed by atoms with Gasteiger partial charge in [-0.05, 0) is 54.5 Å². The molecule has 0 unspecified atom stereocenters. The number of nitrogens with one attached hydrogen (secondary N) is 4. The number of piperidine rings is 1. The Labute approximate surface area is 392 Å². The highest BCUT2D eigenvalue weighted by Gasteiger charge is 2.46. The molecule has 3 aromatic carbocycles. The van der Waals surface area contributed by atoms with Crippen LogP contribution in [0.1, 0.15) is 56.7 Å². The van der Waals surface area contributed by atoms with Gasteiger partial charge in [0.25, 0.3) is 5.91 Å². The van der Waals surface area contributed by atoms with Gasteiger partial charge in [-0.1, -0.05) is 93.1 Å². The lowest BCUT2D eigenvalue weighted by atomic mass is 9.95. The first-order chi connectivity index (χ1) is 32.2. The van der Waals surface area contributed by atoms with Gasteiger partial charge in [0.15, 0.2) is 6.10 Å². The highest BCUT2D eigenvalue weighted by Crippen LogP contribution is 2.27. The van der Waals surface area contributed by atoms with Crippen LogP contribution < -0.4 is 31.1 Å². The van der Waals surface area contributed by atoms with Gasteiger partial charge in [-0.15, -0.1) is 0 Å². The Morgan fingerprint density at radius 1 is 0.824 bits per heavy atom. The van der Waals surface area contributed by atoms with E-state index in [1.165, 1.54) is 38.2 Å². The third kappa shape index (κ3) is 14.2. The SMILES string of the molecule is CC[C@H](C)[C@@H]1NC(=O)[C@H](Cc2ccc(O)cc2)N(C)C(=O)[C@H](Cc2ccccc2)N2C(=O)[C@H](CC[C@H]2O)NC(=O)[C@H](Cc2ccccc2)NC(=O)[C@@H](NC(=O)[C@@H](O)COP(=O)([O-])[O-])[C@@H](C)OC1=O. The molecular weight excluding hydrogens is 908 g/mol. The van der Waals surface area contributed by atoms with Crippen LogP contribution in [-0.2, 0) is 66.6 Å². The monoisotopic (exact) mass is 964 g/mol. The fourth-order valence-corrected chi connectivity index (χ4v) is 8.23. The van der Waals surface area contributed by atoms with E-state index in [2.05, 4.69) is 25.8 Å². The molecule has 2 saturated heterocycles. The molecule has 0 aromatic heterocycles. The van der Waals surface area contributed by atoms with Crippen molar-refractivity contribution in [2.24, 2.45) is 5.92 Å². The molecule has 0 spiro atoms. The molecule has 6 amide bonds. The summed E-state index contributed by atoms with van der Waals surface area (Å²) in [7, 11) is -4.34. The van der Waals surface area contributed by atoms with Crippen LogP contribution in [0.15, 0.2) is 84.9 Å². The van der Waals surface area contributed by atoms with Gasteiger partial charge in [-0.3, -0.25) is 28.8 Å². The maximum Gasteiger partial charge on any atom is 0.329 e. The fraction of sp³-hybridized carbons (Fsp3) is 0.457. The number of esters is 1. The molecule has 2 aliphatic rings. The average Bonchev–Trinajstić information content (AvgIpc) is 3.30. The summed E-state index contributed by atoms with van der Waals surface area (Å²) in [5, 5.41) is 42.1. The number of rotatable bonds is 13. The van der Waals surface area contributed by atoms with Gasteiger partial charge >= 0.3 is 5.97 Å². The van der Waals surface area contributed by atoms with E-state index in [4.69, 9.17) is 4.74 Å². The number of amides is 6. The van der Waals surface area contributed by atoms with Crippen LogP contribution in [-0.4, -0.2) is 135 Å². The van der Waals surface area contributed by atoms with Gasteiger partial charge in [0.2, 0.25) is 29.5 Å². The molecule has 7 N–H and O–H groups in total. The lowest BCUT2D eigenvalue weighted by Crippen LogP contribution is -2.65. The molecule has 21 nitrogen and oxygen atoms in total. The van der Waals surface area contributed by atoms with Crippen molar-refractivity contribution in [3.05, 3.63) is 102 Å². The number of fused-ring (bicyclic) bond motifs is 2. The van der Waals surface area contributed by atoms with E-state index in [-0.39, 0.29) is 44.3 Å². The molecule has 2 aliphatic heterocycles. The zero-order valence-electron chi connectivity index (χ0n) is 37.9. The number of phenolic OH excluding ortho intramolecular Hbond substituents is 1. The maximum atomic E-state index is 15.0. The van der Waals surface area contributed by atoms with Crippen molar-refractivity contribution >= 4 is 49.2 Å². The Kier molecular flexibility index (Phi) is 18.4. The van der Waals surface area contributed by atoms with Crippen molar-refractivity contribution in [1.82, 2.24) is 31.1 Å². The number of ether oxygens (including phenoxy) is 1. The summed E-state index contributed by atoms with van der Waals surface area (Å²) < 4.78 is 20.9. The summed E-state index contributed by atoms with van der Waals surface area (Å²) >= 11 is 0. The molecule has 0 saturated carbocycles. The molecule has 2 heterocycles. The number of nitrogens with zero attached hydrogens (tertiary/aromatic N) is 2. The van der Waals surface area contributed by atoms with Crippen molar-refractivity contribution in [1.29, 1.82) is 0 Å². The van der Waals surface area contributed by atoms with Crippen LogP contribution in [0.2, 0.25) is 0 Å². The molecular formula is C46H57N6O15P-2. The minimum absolute atomic E-state index is 0.0767. The van der Waals surface area contributed by atoms with Gasteiger partial charge in [-0.2, -0.15) is 0 Å². The summed E-state index contributed by atoms with van der Waals surface area (Å²) in [6, 6.07) is 13.6. The smallest absolute Gasteiger partial charge is 0.329 e. The van der Waals surface area contributed by atoms with Crippen LogP contribution in [0.25, 0.3) is 0 Å². The quantitative estimate of drug-likeness (QED) is 0.0773. The van der Waals surface area contributed by atoms with E-state index in [1.54, 1.807) is 74.5 Å². The number of benzene rings is 3. The zero-order valence-corrected chi connectivity index (χ0v) is 38.8. The normalized spacial score (nSPS) is 25.6. The lowest BCUT2D eigenvalue weighted by molar-refractivity contribution is -0.342. The second kappa shape index (κ2) is 23.7. The number of aromatic hydroxyl groups is 1. The Hall–Kier alpha value is -6.22. The number of carbonyl (C=O) groups excluding carboxylic acids is 7. The highest BCUT2D eigenvalue weighted by atomic mass is 31.2. The van der Waals surface area contributed by atoms with E-state index < -0.39 is 116 Å². The molecule has 10 atom stereocenters. The molecule has 22 heteroatoms. The van der Waals surface area contributed by atoms with Gasteiger partial charge in [-0.25, -0.2) is 4.79 Å². The molecule has 2 bridgehead atoms. The third-order valence-corrected chi connectivity index (χ3v) is 12.5. The maximum absolute atomic E-state index is 15.0. The molecule has 3 aromatic rings. The van der Waals surface area contributed by atoms with Crippen LogP contribution in [0.5, 0.6) is 5.75 Å². The standard InChI is InChI=1S/C46H59N6O15P/c1-5-26(2)38-46(62)67-27(3)39(50-42(58)36(54)25-66-68(63,64)65)43(59)48-33(22-28-12-8-6-9-13-28)40(56)47-32-20-21-37(55)52(44(32)60)35(24-29-14-10-7-11-15-29)45(61)51(4)34(41(57)49-38)23-30-16-18-31(53)19-17-30/h6-19,26-27,32-39,53-55H,5,20-25H2,1-4H3,(H,47,56)(H,48,59)(H,49,57)(H,50,58)(H2,63,64,65)/p-2/t26-,27+,32-,33-,34-,35-,36-,37+,38-,39-/m0/s1. The van der Waals surface area contributed by atoms with Crippen LogP contribution in [0.3, 0.4) is 0 Å². The first kappa shape index (κ1) is 52.7. The number of phosphoric acid groups is 1. The van der Waals surface area contributed by atoms with Gasteiger partial charge < -0.3 is 70.0 Å². The van der Waals surface area contributed by atoms with Gasteiger partial charge in [0.1, 0.15) is 54.3 Å². The van der Waals surface area contributed by atoms with Crippen molar-refractivity contribution in [3.63, 3.8) is 0 Å². The summed E-state index contributed by atoms with van der Waals surface area (Å²) in [5.74, 6) is -7.89. The first-order valence-electron chi connectivity index (χ1n) is 22.1. The predicted molar refractivity (Wildman–Crippen MR) is 237 cm³/mol. The number of carbonyl (C=O) groups is 7.